The largest absolute Gasteiger partial charge is 0.492 e. The number of aryl methyl sites for hydroxylation is 2. The smallest absolute Gasteiger partial charge is 0.188 e. The molecule has 4 nitrogen and oxygen atoms in total. The number of nitrogens with zero attached hydrogens (tertiary/aromatic N) is 1. The summed E-state index contributed by atoms with van der Waals surface area (Å²) in [6.07, 6.45) is 1.00. The van der Waals surface area contributed by atoms with Crippen LogP contribution < -0.4 is 15.8 Å². The maximum Gasteiger partial charge on any atom is 0.188 e. The molecule has 0 aliphatic heterocycles. The van der Waals surface area contributed by atoms with E-state index in [1.165, 1.54) is 11.1 Å². The molecule has 1 aromatic carbocycles. The highest BCUT2D eigenvalue weighted by atomic mass is 127. The van der Waals surface area contributed by atoms with Crippen molar-refractivity contribution in [1.29, 1.82) is 0 Å². The van der Waals surface area contributed by atoms with Crippen LogP contribution >= 0.6 is 24.0 Å². The normalized spacial score (nSPS) is 10.8. The lowest BCUT2D eigenvalue weighted by Crippen LogP contribution is -2.34. The Hall–Kier alpha value is -0.980. The molecule has 0 aliphatic carbocycles. The fraction of sp³-hybridized carbons (Fsp3) is 0.500. The highest BCUT2D eigenvalue weighted by Gasteiger charge is 1.97. The number of hydrogen-bond donors (Lipinski definition) is 2. The van der Waals surface area contributed by atoms with E-state index >= 15 is 0 Å². The molecule has 0 aliphatic rings. The number of nitrogens with two attached hydrogens (primary N) is 1. The molecule has 0 radical (unpaired) electrons. The van der Waals surface area contributed by atoms with Crippen molar-refractivity contribution in [1.82, 2.24) is 5.32 Å². The summed E-state index contributed by atoms with van der Waals surface area (Å²) in [5, 5.41) is 3.02. The highest BCUT2D eigenvalue weighted by molar-refractivity contribution is 14.0. The van der Waals surface area contributed by atoms with E-state index in [9.17, 15) is 0 Å². The van der Waals surface area contributed by atoms with Crippen molar-refractivity contribution in [2.45, 2.75) is 27.2 Å². The number of ether oxygens (including phenoxy) is 1. The third-order valence-electron chi connectivity index (χ3n) is 2.38. The molecule has 0 aromatic heterocycles. The van der Waals surface area contributed by atoms with Crippen LogP contribution in [0.3, 0.4) is 0 Å². The van der Waals surface area contributed by atoms with E-state index in [1.54, 1.807) is 0 Å². The summed E-state index contributed by atoms with van der Waals surface area (Å²) in [7, 11) is 0. The zero-order valence-corrected chi connectivity index (χ0v) is 14.2. The van der Waals surface area contributed by atoms with E-state index in [1.807, 2.05) is 12.1 Å². The lowest BCUT2D eigenvalue weighted by Gasteiger charge is -2.09. The first-order chi connectivity index (χ1) is 8.61. The van der Waals surface area contributed by atoms with E-state index in [0.717, 1.165) is 18.7 Å². The predicted octanol–water partition coefficient (Wildman–Crippen LogP) is 2.61. The van der Waals surface area contributed by atoms with Crippen molar-refractivity contribution in [3.63, 3.8) is 0 Å². The summed E-state index contributed by atoms with van der Waals surface area (Å²) >= 11 is 0. The first kappa shape index (κ1) is 18.0. The van der Waals surface area contributed by atoms with Gasteiger partial charge in [0.1, 0.15) is 12.4 Å². The zero-order chi connectivity index (χ0) is 13.4. The van der Waals surface area contributed by atoms with E-state index < -0.39 is 0 Å². The third-order valence-corrected chi connectivity index (χ3v) is 2.38. The van der Waals surface area contributed by atoms with Gasteiger partial charge in [0.15, 0.2) is 5.96 Å². The molecule has 0 heterocycles. The van der Waals surface area contributed by atoms with Crippen LogP contribution in [0, 0.1) is 13.8 Å². The average Bonchev–Trinajstić information content (AvgIpc) is 2.31. The molecule has 19 heavy (non-hydrogen) atoms. The quantitative estimate of drug-likeness (QED) is 0.347. The SMILES string of the molecule is CCCN=C(N)NCCOc1cc(C)cc(C)c1.I. The molecule has 0 fully saturated rings. The molecule has 0 spiro atoms. The van der Waals surface area contributed by atoms with Crippen LogP contribution in [-0.4, -0.2) is 25.7 Å². The van der Waals surface area contributed by atoms with Gasteiger partial charge in [-0.25, -0.2) is 0 Å². The Morgan fingerprint density at radius 3 is 2.47 bits per heavy atom. The van der Waals surface area contributed by atoms with Gasteiger partial charge in [-0.05, 0) is 43.5 Å². The number of rotatable bonds is 6. The zero-order valence-electron chi connectivity index (χ0n) is 11.9. The summed E-state index contributed by atoms with van der Waals surface area (Å²) < 4.78 is 5.65. The van der Waals surface area contributed by atoms with Gasteiger partial charge in [-0.3, -0.25) is 4.99 Å². The highest BCUT2D eigenvalue weighted by Crippen LogP contribution is 2.15. The Kier molecular flexibility index (Phi) is 9.38. The van der Waals surface area contributed by atoms with Gasteiger partial charge < -0.3 is 15.8 Å². The summed E-state index contributed by atoms with van der Waals surface area (Å²) in [6, 6.07) is 6.18. The van der Waals surface area contributed by atoms with Crippen LogP contribution in [-0.2, 0) is 0 Å². The molecule has 0 bridgehead atoms. The van der Waals surface area contributed by atoms with Crippen LogP contribution in [0.1, 0.15) is 24.5 Å². The van der Waals surface area contributed by atoms with Crippen LogP contribution in [0.2, 0.25) is 0 Å². The lowest BCUT2D eigenvalue weighted by atomic mass is 10.1. The van der Waals surface area contributed by atoms with Gasteiger partial charge in [0.25, 0.3) is 0 Å². The molecule has 1 rings (SSSR count). The monoisotopic (exact) mass is 377 g/mol. The number of aliphatic imine (C=N–C) groups is 1. The molecule has 0 saturated heterocycles. The summed E-state index contributed by atoms with van der Waals surface area (Å²) in [6.45, 7) is 8.19. The van der Waals surface area contributed by atoms with Crippen LogP contribution in [0.4, 0.5) is 0 Å². The molecular formula is C14H24IN3O. The van der Waals surface area contributed by atoms with Gasteiger partial charge in [-0.2, -0.15) is 0 Å². The number of nitrogens with one attached hydrogen (secondary N) is 1. The topological polar surface area (TPSA) is 59.6 Å². The Morgan fingerprint density at radius 1 is 1.26 bits per heavy atom. The fourth-order valence-corrected chi connectivity index (χ4v) is 1.65. The third kappa shape index (κ3) is 7.92. The first-order valence-corrected chi connectivity index (χ1v) is 6.36. The molecule has 3 N–H and O–H groups in total. The van der Waals surface area contributed by atoms with Crippen molar-refractivity contribution in [3.05, 3.63) is 29.3 Å². The lowest BCUT2D eigenvalue weighted by molar-refractivity contribution is 0.322. The number of hydrogen-bond acceptors (Lipinski definition) is 2. The number of guanidine groups is 1. The fourth-order valence-electron chi connectivity index (χ4n) is 1.65. The average molecular weight is 377 g/mol. The van der Waals surface area contributed by atoms with Gasteiger partial charge in [-0.1, -0.05) is 13.0 Å². The van der Waals surface area contributed by atoms with E-state index in [-0.39, 0.29) is 24.0 Å². The van der Waals surface area contributed by atoms with Crippen LogP contribution in [0.25, 0.3) is 0 Å². The number of halogens is 1. The van der Waals surface area contributed by atoms with Crippen LogP contribution in [0.5, 0.6) is 5.75 Å². The summed E-state index contributed by atoms with van der Waals surface area (Å²) in [5.41, 5.74) is 8.09. The predicted molar refractivity (Wildman–Crippen MR) is 91.6 cm³/mol. The summed E-state index contributed by atoms with van der Waals surface area (Å²) in [5.74, 6) is 1.39. The Balaban J connectivity index is 0.00000324. The first-order valence-electron chi connectivity index (χ1n) is 6.36. The Bertz CT molecular complexity index is 387. The van der Waals surface area contributed by atoms with Gasteiger partial charge in [0.05, 0.1) is 6.54 Å². The van der Waals surface area contributed by atoms with Crippen molar-refractivity contribution < 1.29 is 4.74 Å². The second-order valence-electron chi connectivity index (χ2n) is 4.37. The Morgan fingerprint density at radius 2 is 1.89 bits per heavy atom. The van der Waals surface area contributed by atoms with Crippen LogP contribution in [0.15, 0.2) is 23.2 Å². The maximum atomic E-state index is 5.67. The van der Waals surface area contributed by atoms with E-state index in [2.05, 4.69) is 37.1 Å². The Labute approximate surface area is 132 Å². The minimum Gasteiger partial charge on any atom is -0.492 e. The van der Waals surface area contributed by atoms with Crippen molar-refractivity contribution in [3.8, 4) is 5.75 Å². The minimum absolute atomic E-state index is 0. The summed E-state index contributed by atoms with van der Waals surface area (Å²) in [4.78, 5) is 4.14. The van der Waals surface area contributed by atoms with Crippen molar-refractivity contribution >= 4 is 29.9 Å². The molecule has 108 valence electrons. The second kappa shape index (κ2) is 9.89. The molecule has 1 aromatic rings. The van der Waals surface area contributed by atoms with Gasteiger partial charge in [-0.15, -0.1) is 24.0 Å². The second-order valence-corrected chi connectivity index (χ2v) is 4.37. The van der Waals surface area contributed by atoms with Crippen molar-refractivity contribution in [2.75, 3.05) is 19.7 Å². The molecule has 0 unspecified atom stereocenters. The minimum atomic E-state index is 0. The molecule has 0 saturated carbocycles. The number of benzene rings is 1. The molecule has 0 amide bonds. The maximum absolute atomic E-state index is 5.67. The molecule has 5 heteroatoms. The van der Waals surface area contributed by atoms with Gasteiger partial charge in [0.2, 0.25) is 0 Å². The molecule has 0 atom stereocenters. The van der Waals surface area contributed by atoms with Crippen molar-refractivity contribution in [2.24, 2.45) is 10.7 Å². The molecular weight excluding hydrogens is 353 g/mol. The van der Waals surface area contributed by atoms with Gasteiger partial charge >= 0.3 is 0 Å². The van der Waals surface area contributed by atoms with E-state index in [4.69, 9.17) is 10.5 Å². The van der Waals surface area contributed by atoms with Gasteiger partial charge in [0, 0.05) is 6.54 Å². The standard InChI is InChI=1S/C14H23N3O.HI/c1-4-5-16-14(15)17-6-7-18-13-9-11(2)8-12(3)10-13;/h8-10H,4-7H2,1-3H3,(H3,15,16,17);1H. The van der Waals surface area contributed by atoms with E-state index in [0.29, 0.717) is 19.1 Å².